The van der Waals surface area contributed by atoms with E-state index in [0.29, 0.717) is 5.92 Å². The summed E-state index contributed by atoms with van der Waals surface area (Å²) in [7, 11) is 0. The molecule has 0 fully saturated rings. The number of hydrogen-bond donors (Lipinski definition) is 0. The highest BCUT2D eigenvalue weighted by Crippen LogP contribution is 2.42. The number of fused-ring (bicyclic) bond motifs is 6. The molecule has 0 aliphatic heterocycles. The van der Waals surface area contributed by atoms with Gasteiger partial charge in [0, 0.05) is 21.5 Å². The van der Waals surface area contributed by atoms with Crippen molar-refractivity contribution in [2.75, 3.05) is 0 Å². The Balaban J connectivity index is 1.30. The Labute approximate surface area is 234 Å². The molecule has 2 aromatic heterocycles. The zero-order valence-corrected chi connectivity index (χ0v) is 22.7. The van der Waals surface area contributed by atoms with Crippen molar-refractivity contribution >= 4 is 38.1 Å². The second-order valence-corrected chi connectivity index (χ2v) is 11.2. The molecule has 2 heterocycles. The molecule has 0 aliphatic rings. The molecule has 0 amide bonds. The van der Waals surface area contributed by atoms with Gasteiger partial charge in [-0.2, -0.15) is 0 Å². The molecule has 0 spiro atoms. The van der Waals surface area contributed by atoms with Gasteiger partial charge in [0.1, 0.15) is 0 Å². The highest BCUT2D eigenvalue weighted by molar-refractivity contribution is 6.23. The topological polar surface area (TPSA) is 4.41 Å². The van der Waals surface area contributed by atoms with Crippen LogP contribution in [0, 0.1) is 0 Å². The summed E-state index contributed by atoms with van der Waals surface area (Å²) in [5.41, 5.74) is 12.7. The third kappa shape index (κ3) is 3.48. The van der Waals surface area contributed by atoms with Crippen LogP contribution >= 0.6 is 0 Å². The highest BCUT2D eigenvalue weighted by atomic mass is 14.9. The highest BCUT2D eigenvalue weighted by Gasteiger charge is 2.19. The molecule has 0 N–H and O–H groups in total. The van der Waals surface area contributed by atoms with Crippen LogP contribution in [0.15, 0.2) is 133 Å². The summed E-state index contributed by atoms with van der Waals surface area (Å²) in [6.07, 6.45) is 0. The van der Waals surface area contributed by atoms with E-state index in [-0.39, 0.29) is 0 Å². The minimum absolute atomic E-state index is 0.471. The standard InChI is InChI=1S/C39H29N/c1-25(2)32-23-35-33-16-6-7-17-37(33)40-38-19-18-31(22-34(38)36(24-32)39(35)40)30-15-9-14-29(21-30)28-13-8-12-27(20-28)26-10-4-3-5-11-26/h3-25H,1-2H3. The Morgan fingerprint density at radius 1 is 0.400 bits per heavy atom. The first-order valence-electron chi connectivity index (χ1n) is 14.1. The van der Waals surface area contributed by atoms with Crippen LogP contribution in [0.5, 0.6) is 0 Å². The zero-order valence-electron chi connectivity index (χ0n) is 22.7. The minimum Gasteiger partial charge on any atom is -0.308 e. The van der Waals surface area contributed by atoms with Crippen molar-refractivity contribution in [1.29, 1.82) is 0 Å². The molecule has 0 saturated heterocycles. The Bertz CT molecular complexity index is 2180. The lowest BCUT2D eigenvalue weighted by molar-refractivity contribution is 0.870. The average Bonchev–Trinajstić information content (AvgIpc) is 3.53. The first kappa shape index (κ1) is 23.0. The summed E-state index contributed by atoms with van der Waals surface area (Å²) in [5, 5.41) is 5.36. The first-order valence-corrected chi connectivity index (χ1v) is 14.1. The van der Waals surface area contributed by atoms with Crippen molar-refractivity contribution in [3.8, 4) is 33.4 Å². The molecule has 0 atom stereocenters. The van der Waals surface area contributed by atoms with E-state index in [4.69, 9.17) is 0 Å². The lowest BCUT2D eigenvalue weighted by Crippen LogP contribution is -1.86. The average molecular weight is 512 g/mol. The van der Waals surface area contributed by atoms with Crippen LogP contribution in [-0.2, 0) is 0 Å². The van der Waals surface area contributed by atoms with E-state index in [1.165, 1.54) is 77.0 Å². The predicted molar refractivity (Wildman–Crippen MR) is 171 cm³/mol. The maximum absolute atomic E-state index is 2.47. The zero-order chi connectivity index (χ0) is 26.8. The van der Waals surface area contributed by atoms with Crippen molar-refractivity contribution in [3.05, 3.63) is 139 Å². The number of benzene rings is 6. The van der Waals surface area contributed by atoms with Gasteiger partial charge in [0.25, 0.3) is 0 Å². The van der Waals surface area contributed by atoms with E-state index < -0.39 is 0 Å². The number of hydrogen-bond acceptors (Lipinski definition) is 0. The number of aromatic nitrogens is 1. The third-order valence-corrected chi connectivity index (χ3v) is 8.48. The van der Waals surface area contributed by atoms with Crippen molar-refractivity contribution in [2.45, 2.75) is 19.8 Å². The fourth-order valence-corrected chi connectivity index (χ4v) is 6.42. The quantitative estimate of drug-likeness (QED) is 0.221. The smallest absolute Gasteiger partial charge is 0.0620 e. The molecule has 8 aromatic rings. The lowest BCUT2D eigenvalue weighted by atomic mass is 9.95. The van der Waals surface area contributed by atoms with Crippen molar-refractivity contribution in [2.24, 2.45) is 0 Å². The maximum Gasteiger partial charge on any atom is 0.0620 e. The fourth-order valence-electron chi connectivity index (χ4n) is 6.42. The molecule has 0 unspecified atom stereocenters. The molecule has 0 aliphatic carbocycles. The Hall–Kier alpha value is -4.88. The summed E-state index contributed by atoms with van der Waals surface area (Å²) in [5.74, 6) is 0.471. The van der Waals surface area contributed by atoms with Crippen molar-refractivity contribution in [1.82, 2.24) is 4.40 Å². The molecule has 6 aromatic carbocycles. The van der Waals surface area contributed by atoms with Crippen LogP contribution in [0.1, 0.15) is 25.3 Å². The van der Waals surface area contributed by atoms with E-state index >= 15 is 0 Å². The Morgan fingerprint density at radius 3 is 1.60 bits per heavy atom. The minimum atomic E-state index is 0.471. The second kappa shape index (κ2) is 8.83. The van der Waals surface area contributed by atoms with Gasteiger partial charge in [-0.15, -0.1) is 0 Å². The molecule has 1 nitrogen and oxygen atoms in total. The van der Waals surface area contributed by atoms with Gasteiger partial charge in [-0.1, -0.05) is 105 Å². The van der Waals surface area contributed by atoms with Crippen molar-refractivity contribution < 1.29 is 0 Å². The summed E-state index contributed by atoms with van der Waals surface area (Å²) >= 11 is 0. The molecular formula is C39H29N. The van der Waals surface area contributed by atoms with Gasteiger partial charge < -0.3 is 4.40 Å². The van der Waals surface area contributed by atoms with Crippen LogP contribution in [0.2, 0.25) is 0 Å². The Kier molecular flexibility index (Phi) is 5.09. The summed E-state index contributed by atoms with van der Waals surface area (Å²) in [4.78, 5) is 0. The molecule has 8 rings (SSSR count). The molecule has 190 valence electrons. The van der Waals surface area contributed by atoms with Gasteiger partial charge in [0.05, 0.1) is 16.6 Å². The van der Waals surface area contributed by atoms with E-state index in [1.54, 1.807) is 0 Å². The SMILES string of the molecule is CC(C)c1cc2c3ccccc3n3c4ccc(-c5cccc(-c6cccc(-c7ccccc7)c6)c5)cc4c(c1)c23. The molecule has 40 heavy (non-hydrogen) atoms. The van der Waals surface area contributed by atoms with E-state index in [0.717, 1.165) is 0 Å². The van der Waals surface area contributed by atoms with Gasteiger partial charge in [0.2, 0.25) is 0 Å². The summed E-state index contributed by atoms with van der Waals surface area (Å²) in [6.45, 7) is 4.58. The van der Waals surface area contributed by atoms with Gasteiger partial charge in [0.15, 0.2) is 0 Å². The Morgan fingerprint density at radius 2 is 0.925 bits per heavy atom. The van der Waals surface area contributed by atoms with Crippen molar-refractivity contribution in [3.63, 3.8) is 0 Å². The van der Waals surface area contributed by atoms with Crippen LogP contribution in [0.3, 0.4) is 0 Å². The van der Waals surface area contributed by atoms with Gasteiger partial charge >= 0.3 is 0 Å². The van der Waals surface area contributed by atoms with Crippen LogP contribution in [0.4, 0.5) is 0 Å². The molecule has 0 bridgehead atoms. The predicted octanol–water partition coefficient (Wildman–Crippen LogP) is 11.0. The largest absolute Gasteiger partial charge is 0.308 e. The van der Waals surface area contributed by atoms with Crippen LogP contribution in [-0.4, -0.2) is 4.40 Å². The van der Waals surface area contributed by atoms with E-state index in [9.17, 15) is 0 Å². The monoisotopic (exact) mass is 511 g/mol. The normalized spacial score (nSPS) is 12.0. The second-order valence-electron chi connectivity index (χ2n) is 11.2. The van der Waals surface area contributed by atoms with E-state index in [2.05, 4.69) is 152 Å². The molecule has 0 radical (unpaired) electrons. The number of rotatable bonds is 4. The van der Waals surface area contributed by atoms with Gasteiger partial charge in [-0.05, 0) is 87.3 Å². The third-order valence-electron chi connectivity index (χ3n) is 8.48. The fraction of sp³-hybridized carbons (Fsp3) is 0.0769. The first-order chi connectivity index (χ1) is 19.7. The summed E-state index contributed by atoms with van der Waals surface area (Å²) < 4.78 is 2.47. The summed E-state index contributed by atoms with van der Waals surface area (Å²) in [6, 6.07) is 49.1. The number of para-hydroxylation sites is 1. The van der Waals surface area contributed by atoms with E-state index in [1.807, 2.05) is 0 Å². The van der Waals surface area contributed by atoms with Gasteiger partial charge in [-0.3, -0.25) is 0 Å². The molecular weight excluding hydrogens is 482 g/mol. The molecule has 1 heteroatoms. The maximum atomic E-state index is 2.47. The number of nitrogens with zero attached hydrogens (tertiary/aromatic N) is 1. The van der Waals surface area contributed by atoms with Gasteiger partial charge in [-0.25, -0.2) is 0 Å². The lowest BCUT2D eigenvalue weighted by Gasteiger charge is -2.09. The van der Waals surface area contributed by atoms with Crippen LogP contribution < -0.4 is 0 Å². The van der Waals surface area contributed by atoms with Crippen LogP contribution in [0.25, 0.3) is 71.5 Å². The molecule has 0 saturated carbocycles.